The largest absolute Gasteiger partial charge is 0.311 e. The monoisotopic (exact) mass is 424 g/mol. The highest BCUT2D eigenvalue weighted by Crippen LogP contribution is 2.19. The van der Waals surface area contributed by atoms with Crippen LogP contribution in [0.15, 0.2) is 32.4 Å². The van der Waals surface area contributed by atoms with Crippen LogP contribution in [0.3, 0.4) is 0 Å². The Morgan fingerprint density at radius 3 is 2.64 bits per heavy atom. The van der Waals surface area contributed by atoms with E-state index in [-0.39, 0.29) is 16.0 Å². The summed E-state index contributed by atoms with van der Waals surface area (Å²) >= 11 is 3.11. The Morgan fingerprint density at radius 2 is 2.04 bits per heavy atom. The Kier molecular flexibility index (Phi) is 5.39. The molecule has 0 bridgehead atoms. The van der Waals surface area contributed by atoms with Gasteiger partial charge in [0.1, 0.15) is 5.82 Å². The lowest BCUT2D eigenvalue weighted by Crippen LogP contribution is -2.34. The maximum absolute atomic E-state index is 12.3. The maximum atomic E-state index is 12.3. The summed E-state index contributed by atoms with van der Waals surface area (Å²) in [5, 5.41) is 8.91. The Labute approximate surface area is 152 Å². The van der Waals surface area contributed by atoms with Crippen LogP contribution >= 0.6 is 15.9 Å². The third kappa shape index (κ3) is 4.52. The highest BCUT2D eigenvalue weighted by Gasteiger charge is 2.21. The summed E-state index contributed by atoms with van der Waals surface area (Å²) in [5.41, 5.74) is 0.0669. The number of nitrogens with one attached hydrogen (secondary N) is 2. The number of hydrogen-bond donors (Lipinski definition) is 2. The highest BCUT2D eigenvalue weighted by atomic mass is 79.9. The second-order valence-corrected chi connectivity index (χ2v) is 7.81. The molecular weight excluding hydrogens is 412 g/mol. The molecule has 0 aliphatic carbocycles. The standard InChI is InChI=1S/C15H13BrN4O4S/c1-8-13(15(22)19-9(2)18-8)6-14(21)20-25(23,24)12-4-10(7-17)3-11(16)5-12/h3-5H,6H2,1-2H3,(H,20,21)(H,18,19,22). The molecule has 1 heterocycles. The molecule has 25 heavy (non-hydrogen) atoms. The lowest BCUT2D eigenvalue weighted by Gasteiger charge is -2.09. The first-order valence-electron chi connectivity index (χ1n) is 6.95. The molecule has 0 aliphatic rings. The molecule has 2 rings (SSSR count). The molecule has 1 aromatic heterocycles. The maximum Gasteiger partial charge on any atom is 0.264 e. The first-order valence-corrected chi connectivity index (χ1v) is 9.22. The lowest BCUT2D eigenvalue weighted by atomic mass is 10.1. The van der Waals surface area contributed by atoms with Crippen LogP contribution in [0.2, 0.25) is 0 Å². The highest BCUT2D eigenvalue weighted by molar-refractivity contribution is 9.10. The predicted octanol–water partition coefficient (Wildman–Crippen LogP) is 1.07. The van der Waals surface area contributed by atoms with Crippen LogP contribution in [0, 0.1) is 25.2 Å². The van der Waals surface area contributed by atoms with Gasteiger partial charge in [0, 0.05) is 15.7 Å². The van der Waals surface area contributed by atoms with E-state index < -0.39 is 27.9 Å². The Balaban J connectivity index is 2.27. The molecule has 0 aliphatic heterocycles. The number of rotatable bonds is 4. The number of nitrogens with zero attached hydrogens (tertiary/aromatic N) is 2. The Hall–Kier alpha value is -2.51. The van der Waals surface area contributed by atoms with Crippen molar-refractivity contribution in [3.8, 4) is 6.07 Å². The van der Waals surface area contributed by atoms with Crippen molar-refractivity contribution in [2.24, 2.45) is 0 Å². The SMILES string of the molecule is Cc1nc(C)c(CC(=O)NS(=O)(=O)c2cc(Br)cc(C#N)c2)c(=O)[nH]1. The minimum atomic E-state index is -4.18. The van der Waals surface area contributed by atoms with Gasteiger partial charge in [-0.05, 0) is 32.0 Å². The number of aromatic amines is 1. The van der Waals surface area contributed by atoms with Crippen LogP contribution in [0.4, 0.5) is 0 Å². The normalized spacial score (nSPS) is 11.0. The second-order valence-electron chi connectivity index (χ2n) is 5.21. The van der Waals surface area contributed by atoms with Crippen LogP contribution in [0.1, 0.15) is 22.6 Å². The fraction of sp³-hybridized carbons (Fsp3) is 0.200. The van der Waals surface area contributed by atoms with Gasteiger partial charge >= 0.3 is 0 Å². The number of halogens is 1. The van der Waals surface area contributed by atoms with E-state index in [1.54, 1.807) is 13.8 Å². The number of benzene rings is 1. The van der Waals surface area contributed by atoms with E-state index in [0.29, 0.717) is 16.0 Å². The molecule has 2 aromatic rings. The molecule has 10 heteroatoms. The predicted molar refractivity (Wildman–Crippen MR) is 92.2 cm³/mol. The quantitative estimate of drug-likeness (QED) is 0.753. The van der Waals surface area contributed by atoms with Gasteiger partial charge in [0.15, 0.2) is 0 Å². The van der Waals surface area contributed by atoms with E-state index in [1.165, 1.54) is 12.1 Å². The van der Waals surface area contributed by atoms with E-state index in [1.807, 2.05) is 10.8 Å². The summed E-state index contributed by atoms with van der Waals surface area (Å²) in [6, 6.07) is 5.69. The van der Waals surface area contributed by atoms with E-state index in [9.17, 15) is 18.0 Å². The van der Waals surface area contributed by atoms with Gasteiger partial charge in [-0.25, -0.2) is 18.1 Å². The lowest BCUT2D eigenvalue weighted by molar-refractivity contribution is -0.118. The number of aromatic nitrogens is 2. The van der Waals surface area contributed by atoms with E-state index in [2.05, 4.69) is 25.9 Å². The number of H-pyrrole nitrogens is 1. The van der Waals surface area contributed by atoms with Gasteiger partial charge in [-0.1, -0.05) is 15.9 Å². The van der Waals surface area contributed by atoms with Crippen molar-refractivity contribution in [3.63, 3.8) is 0 Å². The molecule has 0 saturated carbocycles. The van der Waals surface area contributed by atoms with E-state index in [0.717, 1.165) is 6.07 Å². The number of amides is 1. The van der Waals surface area contributed by atoms with Gasteiger partial charge in [0.05, 0.1) is 22.9 Å². The van der Waals surface area contributed by atoms with Gasteiger partial charge in [-0.3, -0.25) is 9.59 Å². The zero-order chi connectivity index (χ0) is 18.8. The Bertz CT molecular complexity index is 1050. The molecule has 8 nitrogen and oxygen atoms in total. The minimum absolute atomic E-state index is 0.0882. The van der Waals surface area contributed by atoms with Gasteiger partial charge < -0.3 is 4.98 Å². The summed E-state index contributed by atoms with van der Waals surface area (Å²) in [7, 11) is -4.18. The van der Waals surface area contributed by atoms with Crippen molar-refractivity contribution in [1.29, 1.82) is 5.26 Å². The van der Waals surface area contributed by atoms with Gasteiger partial charge in [0.2, 0.25) is 5.91 Å². The molecule has 0 unspecified atom stereocenters. The fourth-order valence-corrected chi connectivity index (χ4v) is 3.85. The molecule has 1 aromatic carbocycles. The van der Waals surface area contributed by atoms with Crippen LogP contribution in [-0.2, 0) is 21.2 Å². The third-order valence-electron chi connectivity index (χ3n) is 3.24. The molecular formula is C15H13BrN4O4S. The zero-order valence-corrected chi connectivity index (χ0v) is 15.7. The average Bonchev–Trinajstić information content (AvgIpc) is 2.49. The minimum Gasteiger partial charge on any atom is -0.311 e. The Morgan fingerprint density at radius 1 is 1.36 bits per heavy atom. The van der Waals surface area contributed by atoms with Crippen LogP contribution < -0.4 is 10.3 Å². The van der Waals surface area contributed by atoms with Crippen LogP contribution in [0.25, 0.3) is 0 Å². The molecule has 0 radical (unpaired) electrons. The summed E-state index contributed by atoms with van der Waals surface area (Å²) < 4.78 is 26.9. The van der Waals surface area contributed by atoms with Crippen LogP contribution in [-0.4, -0.2) is 24.3 Å². The second kappa shape index (κ2) is 7.16. The summed E-state index contributed by atoms with van der Waals surface area (Å²) in [5.74, 6) is -0.477. The van der Waals surface area contributed by atoms with E-state index in [4.69, 9.17) is 5.26 Å². The number of sulfonamides is 1. The van der Waals surface area contributed by atoms with E-state index >= 15 is 0 Å². The molecule has 0 atom stereocenters. The third-order valence-corrected chi connectivity index (χ3v) is 5.05. The van der Waals surface area contributed by atoms with Crippen molar-refractivity contribution >= 4 is 31.9 Å². The summed E-state index contributed by atoms with van der Waals surface area (Å²) in [6.45, 7) is 3.16. The first-order chi connectivity index (χ1) is 11.6. The van der Waals surface area contributed by atoms with Crippen molar-refractivity contribution < 1.29 is 13.2 Å². The zero-order valence-electron chi connectivity index (χ0n) is 13.3. The number of carbonyl (C=O) groups excluding carboxylic acids is 1. The van der Waals surface area contributed by atoms with Crippen molar-refractivity contribution in [1.82, 2.24) is 14.7 Å². The smallest absolute Gasteiger partial charge is 0.264 e. The van der Waals surface area contributed by atoms with Gasteiger partial charge in [0.25, 0.3) is 15.6 Å². The van der Waals surface area contributed by atoms with Gasteiger partial charge in [-0.2, -0.15) is 5.26 Å². The molecule has 130 valence electrons. The molecule has 1 amide bonds. The van der Waals surface area contributed by atoms with Crippen molar-refractivity contribution in [3.05, 3.63) is 55.7 Å². The van der Waals surface area contributed by atoms with Crippen molar-refractivity contribution in [2.45, 2.75) is 25.2 Å². The number of aryl methyl sites for hydroxylation is 2. The average molecular weight is 425 g/mol. The fourth-order valence-electron chi connectivity index (χ4n) is 2.15. The van der Waals surface area contributed by atoms with Crippen molar-refractivity contribution in [2.75, 3.05) is 0 Å². The molecule has 0 saturated heterocycles. The number of carbonyl (C=O) groups is 1. The molecule has 0 fully saturated rings. The number of nitriles is 1. The first kappa shape index (κ1) is 18.8. The molecule has 0 spiro atoms. The van der Waals surface area contributed by atoms with Crippen LogP contribution in [0.5, 0.6) is 0 Å². The topological polar surface area (TPSA) is 133 Å². The number of hydrogen-bond acceptors (Lipinski definition) is 6. The summed E-state index contributed by atoms with van der Waals surface area (Å²) in [6.07, 6.45) is -0.438. The summed E-state index contributed by atoms with van der Waals surface area (Å²) in [4.78, 5) is 30.3. The molecule has 2 N–H and O–H groups in total. The van der Waals surface area contributed by atoms with Gasteiger partial charge in [-0.15, -0.1) is 0 Å².